The highest BCUT2D eigenvalue weighted by Crippen LogP contribution is 2.46. The van der Waals surface area contributed by atoms with E-state index in [4.69, 9.17) is 20.2 Å². The summed E-state index contributed by atoms with van der Waals surface area (Å²) in [7, 11) is -3.18. The number of nitrogens with zero attached hydrogens (tertiary/aromatic N) is 3. The van der Waals surface area contributed by atoms with Crippen LogP contribution < -0.4 is 15.8 Å². The van der Waals surface area contributed by atoms with Gasteiger partial charge in [0.15, 0.2) is 0 Å². The third kappa shape index (κ3) is 5.49. The van der Waals surface area contributed by atoms with E-state index in [2.05, 4.69) is 15.3 Å². The quantitative estimate of drug-likeness (QED) is 0.352. The lowest BCUT2D eigenvalue weighted by Crippen LogP contribution is -2.35. The van der Waals surface area contributed by atoms with Gasteiger partial charge in [0.25, 0.3) is 0 Å². The summed E-state index contributed by atoms with van der Waals surface area (Å²) in [5.74, 6) is 1.45. The van der Waals surface area contributed by atoms with Crippen LogP contribution in [0.5, 0.6) is 5.88 Å². The van der Waals surface area contributed by atoms with Gasteiger partial charge in [-0.25, -0.2) is 28.2 Å². The molecular weight excluding hydrogens is 530 g/mol. The van der Waals surface area contributed by atoms with Crippen molar-refractivity contribution in [3.8, 4) is 5.88 Å². The number of nitrogens with one attached hydrogen (secondary N) is 1. The van der Waals surface area contributed by atoms with Crippen molar-refractivity contribution in [2.45, 2.75) is 82.8 Å². The fourth-order valence-electron chi connectivity index (χ4n) is 5.24. The summed E-state index contributed by atoms with van der Waals surface area (Å²) in [4.78, 5) is 26.3. The van der Waals surface area contributed by atoms with Crippen molar-refractivity contribution < 1.29 is 22.7 Å². The van der Waals surface area contributed by atoms with Crippen molar-refractivity contribution >= 4 is 38.2 Å². The number of cyclic esters (lactones) is 1. The molecule has 40 heavy (non-hydrogen) atoms. The molecule has 1 saturated carbocycles. The number of esters is 1. The Morgan fingerprint density at radius 3 is 2.55 bits per heavy atom. The predicted octanol–water partition coefficient (Wildman–Crippen LogP) is 4.61. The van der Waals surface area contributed by atoms with Gasteiger partial charge in [0.1, 0.15) is 27.6 Å². The number of ether oxygens (including phenoxy) is 2. The minimum atomic E-state index is -3.18. The first kappa shape index (κ1) is 28.2. The Morgan fingerprint density at radius 2 is 1.88 bits per heavy atom. The summed E-state index contributed by atoms with van der Waals surface area (Å²) in [5, 5.41) is 4.29. The number of hydrogen-bond acceptors (Lipinski definition) is 10. The highest BCUT2D eigenvalue weighted by Gasteiger charge is 2.41. The molecule has 2 aliphatic rings. The van der Waals surface area contributed by atoms with Gasteiger partial charge in [-0.15, -0.1) is 0 Å². The van der Waals surface area contributed by atoms with Crippen LogP contribution in [0.2, 0.25) is 0 Å². The maximum atomic E-state index is 12.3. The number of hydrogen-bond donors (Lipinski definition) is 2. The number of rotatable bonds is 9. The highest BCUT2D eigenvalue weighted by molar-refractivity contribution is 7.91. The van der Waals surface area contributed by atoms with Crippen LogP contribution in [0, 0.1) is 5.92 Å². The second-order valence-corrected chi connectivity index (χ2v) is 14.1. The van der Waals surface area contributed by atoms with E-state index in [0.29, 0.717) is 46.5 Å². The zero-order chi connectivity index (χ0) is 29.0. The van der Waals surface area contributed by atoms with Crippen molar-refractivity contribution in [1.29, 1.82) is 0 Å². The molecule has 1 aliphatic heterocycles. The first-order chi connectivity index (χ1) is 18.8. The molecular formula is C29H37N5O5S. The van der Waals surface area contributed by atoms with Crippen LogP contribution in [0.25, 0.3) is 10.8 Å². The van der Waals surface area contributed by atoms with Crippen molar-refractivity contribution in [3.05, 3.63) is 47.4 Å². The summed E-state index contributed by atoms with van der Waals surface area (Å²) in [6.07, 6.45) is 6.49. The lowest BCUT2D eigenvalue weighted by Gasteiger charge is -2.28. The molecule has 3 N–H and O–H groups in total. The number of pyridine rings is 3. The second-order valence-electron chi connectivity index (χ2n) is 11.6. The van der Waals surface area contributed by atoms with Crippen molar-refractivity contribution in [3.63, 3.8) is 0 Å². The zero-order valence-corrected chi connectivity index (χ0v) is 24.6. The van der Waals surface area contributed by atoms with E-state index < -0.39 is 20.6 Å². The minimum absolute atomic E-state index is 0.0414. The average Bonchev–Trinajstić information content (AvgIpc) is 3.73. The molecule has 1 fully saturated rings. The molecule has 5 atom stereocenters. The van der Waals surface area contributed by atoms with E-state index in [-0.39, 0.29) is 24.1 Å². The van der Waals surface area contributed by atoms with E-state index in [0.717, 1.165) is 23.8 Å². The molecule has 0 amide bonds. The molecule has 3 aromatic heterocycles. The number of anilines is 2. The molecule has 0 aromatic carbocycles. The monoisotopic (exact) mass is 567 g/mol. The predicted molar refractivity (Wildman–Crippen MR) is 154 cm³/mol. The Kier molecular flexibility index (Phi) is 7.24. The SMILES string of the molecule is C[C@H](C[C@@H](C)S(C)(=O)=O)Oc1ncc([C@@](C)(N)C2CC2)c2cc(Nc3ccc4c(n3)[C@@H](C)[C@H](C)OC4=O)ncc12. The van der Waals surface area contributed by atoms with E-state index in [9.17, 15) is 13.2 Å². The molecule has 3 aromatic rings. The number of carbonyl (C=O) groups excluding carboxylic acids is 1. The molecule has 5 rings (SSSR count). The number of carbonyl (C=O) groups is 1. The topological polar surface area (TPSA) is 146 Å². The molecule has 0 bridgehead atoms. The molecule has 0 radical (unpaired) electrons. The number of nitrogens with two attached hydrogens (primary N) is 1. The maximum Gasteiger partial charge on any atom is 0.340 e. The fourth-order valence-corrected chi connectivity index (χ4v) is 5.86. The third-order valence-electron chi connectivity index (χ3n) is 8.28. The standard InChI is InChI=1S/C29H37N5O5S/c1-15(11-16(2)40(6,36)37)38-27-22-13-31-25(12-21(22)23(14-32-27)29(5,30)19-7-8-19)33-24-10-9-20-26(34-24)17(3)18(4)39-28(20)35/h9-10,12-19H,7-8,11,30H2,1-6H3,(H,31,33,34)/t15-,16-,17+,18+,29+/m1/s1. The van der Waals surface area contributed by atoms with Gasteiger partial charge >= 0.3 is 5.97 Å². The Morgan fingerprint density at radius 1 is 1.15 bits per heavy atom. The first-order valence-electron chi connectivity index (χ1n) is 13.7. The molecule has 214 valence electrons. The van der Waals surface area contributed by atoms with Crippen LogP contribution in [-0.4, -0.2) is 53.1 Å². The number of aromatic nitrogens is 3. The van der Waals surface area contributed by atoms with Crippen LogP contribution in [0.4, 0.5) is 11.6 Å². The van der Waals surface area contributed by atoms with Gasteiger partial charge in [-0.3, -0.25) is 0 Å². The summed E-state index contributed by atoms with van der Waals surface area (Å²) >= 11 is 0. The normalized spacial score (nSPS) is 22.1. The minimum Gasteiger partial charge on any atom is -0.474 e. The van der Waals surface area contributed by atoms with E-state index >= 15 is 0 Å². The van der Waals surface area contributed by atoms with Gasteiger partial charge in [0.05, 0.1) is 28.0 Å². The maximum absolute atomic E-state index is 12.3. The Bertz CT molecular complexity index is 1570. The smallest absolute Gasteiger partial charge is 0.340 e. The van der Waals surface area contributed by atoms with E-state index in [1.54, 1.807) is 31.5 Å². The highest BCUT2D eigenvalue weighted by atomic mass is 32.2. The first-order valence-corrected chi connectivity index (χ1v) is 15.6. The number of fused-ring (bicyclic) bond motifs is 2. The second kappa shape index (κ2) is 10.3. The molecule has 11 heteroatoms. The summed E-state index contributed by atoms with van der Waals surface area (Å²) in [6.45, 7) is 9.39. The van der Waals surface area contributed by atoms with E-state index in [1.165, 1.54) is 6.26 Å². The van der Waals surface area contributed by atoms with Crippen LogP contribution in [0.3, 0.4) is 0 Å². The molecule has 10 nitrogen and oxygen atoms in total. The Balaban J connectivity index is 1.50. The Labute approximate surface area is 235 Å². The van der Waals surface area contributed by atoms with Crippen LogP contribution in [0.1, 0.15) is 81.4 Å². The Hall–Kier alpha value is -3.31. The van der Waals surface area contributed by atoms with E-state index in [1.807, 2.05) is 33.8 Å². The summed E-state index contributed by atoms with van der Waals surface area (Å²) < 4.78 is 35.4. The van der Waals surface area contributed by atoms with Crippen LogP contribution >= 0.6 is 0 Å². The molecule has 0 saturated heterocycles. The fraction of sp³-hybridized carbons (Fsp3) is 0.517. The van der Waals surface area contributed by atoms with Crippen molar-refractivity contribution in [2.24, 2.45) is 11.7 Å². The summed E-state index contributed by atoms with van der Waals surface area (Å²) in [6, 6.07) is 5.37. The molecule has 0 spiro atoms. The van der Waals surface area contributed by atoms with Gasteiger partial charge in [-0.05, 0) is 75.6 Å². The van der Waals surface area contributed by atoms with Gasteiger partial charge < -0.3 is 20.5 Å². The zero-order valence-electron chi connectivity index (χ0n) is 23.8. The van der Waals surface area contributed by atoms with Crippen molar-refractivity contribution in [2.75, 3.05) is 11.6 Å². The average molecular weight is 568 g/mol. The van der Waals surface area contributed by atoms with Gasteiger partial charge in [0.2, 0.25) is 5.88 Å². The van der Waals surface area contributed by atoms with Gasteiger partial charge in [-0.2, -0.15) is 0 Å². The summed E-state index contributed by atoms with van der Waals surface area (Å²) in [5.41, 5.74) is 8.32. The molecule has 0 unspecified atom stereocenters. The lowest BCUT2D eigenvalue weighted by atomic mass is 9.86. The van der Waals surface area contributed by atoms with Crippen LogP contribution in [-0.2, 0) is 20.1 Å². The largest absolute Gasteiger partial charge is 0.474 e. The van der Waals surface area contributed by atoms with Crippen molar-refractivity contribution in [1.82, 2.24) is 15.0 Å². The molecule has 4 heterocycles. The number of sulfone groups is 1. The van der Waals surface area contributed by atoms with Gasteiger partial charge in [-0.1, -0.05) is 6.92 Å². The van der Waals surface area contributed by atoms with Crippen LogP contribution in [0.15, 0.2) is 30.6 Å². The third-order valence-corrected chi connectivity index (χ3v) is 9.93. The lowest BCUT2D eigenvalue weighted by molar-refractivity contribution is 0.0235. The molecule has 1 aliphatic carbocycles. The van der Waals surface area contributed by atoms with Gasteiger partial charge in [0, 0.05) is 36.5 Å².